The summed E-state index contributed by atoms with van der Waals surface area (Å²) in [5, 5.41) is 1.06. The average molecular weight is 125 g/mol. The van der Waals surface area contributed by atoms with Gasteiger partial charge in [0.05, 0.1) is 0 Å². The molecule has 0 saturated heterocycles. The van der Waals surface area contributed by atoms with Crippen LogP contribution in [-0.2, 0) is 4.79 Å². The Bertz CT molecular complexity index is 194. The van der Waals surface area contributed by atoms with Gasteiger partial charge < -0.3 is 0 Å². The van der Waals surface area contributed by atoms with Gasteiger partial charge in [-0.25, -0.2) is 10.9 Å². The zero-order chi connectivity index (χ0) is 6.48. The molecule has 9 heavy (non-hydrogen) atoms. The van der Waals surface area contributed by atoms with Crippen molar-refractivity contribution in [2.75, 3.05) is 0 Å². The topological polar surface area (TPSA) is 58.7 Å². The summed E-state index contributed by atoms with van der Waals surface area (Å²) in [5.41, 5.74) is -0.394. The number of carbonyl (C=O) groups excluding carboxylic acids is 1. The van der Waals surface area contributed by atoms with Crippen LogP contribution in [0.15, 0.2) is 4.99 Å². The van der Waals surface area contributed by atoms with Gasteiger partial charge in [-0.3, -0.25) is 9.79 Å². The molecule has 0 atom stereocenters. The predicted octanol–water partition coefficient (Wildman–Crippen LogP) is -0.737. The number of nitrogens with zero attached hydrogens (tertiary/aromatic N) is 2. The van der Waals surface area contributed by atoms with E-state index in [0.29, 0.717) is 0 Å². The van der Waals surface area contributed by atoms with Crippen LogP contribution in [0, 0.1) is 0 Å². The number of hydrazine groups is 1. The molecule has 1 heterocycles. The molecular weight excluding hydrogens is 118 g/mol. The van der Waals surface area contributed by atoms with E-state index in [2.05, 4.69) is 4.99 Å². The fourth-order valence-electron chi connectivity index (χ4n) is 0.982. The van der Waals surface area contributed by atoms with Gasteiger partial charge in [-0.15, -0.1) is 0 Å². The Kier molecular flexibility index (Phi) is 0.635. The largest absolute Gasteiger partial charge is 0.270 e. The van der Waals surface area contributed by atoms with Gasteiger partial charge in [0, 0.05) is 0 Å². The maximum absolute atomic E-state index is 11.0. The number of carbonyl (C=O) groups is 1. The number of rotatable bonds is 0. The Labute approximate surface area is 52.3 Å². The van der Waals surface area contributed by atoms with E-state index in [4.69, 9.17) is 5.84 Å². The van der Waals surface area contributed by atoms with Crippen LogP contribution in [0.4, 0.5) is 0 Å². The number of hydrogen-bond donors (Lipinski definition) is 1. The van der Waals surface area contributed by atoms with Crippen molar-refractivity contribution in [1.82, 2.24) is 5.01 Å². The minimum atomic E-state index is -0.394. The average Bonchev–Trinajstić information content (AvgIpc) is 2.57. The Hall–Kier alpha value is -0.900. The van der Waals surface area contributed by atoms with Crippen LogP contribution < -0.4 is 5.84 Å². The third-order valence-electron chi connectivity index (χ3n) is 1.79. The monoisotopic (exact) mass is 125 g/mol. The maximum Gasteiger partial charge on any atom is 0.269 e. The van der Waals surface area contributed by atoms with Crippen LogP contribution in [0.1, 0.15) is 12.8 Å². The molecule has 0 aromatic heterocycles. The summed E-state index contributed by atoms with van der Waals surface area (Å²) in [6.45, 7) is 0. The highest BCUT2D eigenvalue weighted by Gasteiger charge is 2.54. The molecule has 0 aromatic carbocycles. The molecule has 1 aliphatic carbocycles. The molecule has 2 rings (SSSR count). The fraction of sp³-hybridized carbons (Fsp3) is 0.600. The molecule has 0 radical (unpaired) electrons. The summed E-state index contributed by atoms with van der Waals surface area (Å²) in [7, 11) is 0. The standard InChI is InChI=1S/C5H7N3O/c6-8-3-7-5(1-2-5)4(8)9/h3H,1-2,6H2. The number of amides is 1. The quantitative estimate of drug-likeness (QED) is 0.342. The Morgan fingerprint density at radius 2 is 2.44 bits per heavy atom. The van der Waals surface area contributed by atoms with Gasteiger partial charge in [0.25, 0.3) is 5.91 Å². The molecule has 48 valence electrons. The molecule has 1 saturated carbocycles. The minimum Gasteiger partial charge on any atom is -0.270 e. The molecule has 0 aromatic rings. The highest BCUT2D eigenvalue weighted by atomic mass is 16.2. The Morgan fingerprint density at radius 3 is 2.67 bits per heavy atom. The van der Waals surface area contributed by atoms with Crippen LogP contribution >= 0.6 is 0 Å². The predicted molar refractivity (Wildman–Crippen MR) is 31.5 cm³/mol. The molecule has 1 spiro atoms. The van der Waals surface area contributed by atoms with Gasteiger partial charge >= 0.3 is 0 Å². The van der Waals surface area contributed by atoms with Gasteiger partial charge in [0.15, 0.2) is 0 Å². The first-order valence-electron chi connectivity index (χ1n) is 2.88. The van der Waals surface area contributed by atoms with Crippen LogP contribution in [0.3, 0.4) is 0 Å². The van der Waals surface area contributed by atoms with Crippen molar-refractivity contribution in [3.8, 4) is 0 Å². The summed E-state index contributed by atoms with van der Waals surface area (Å²) in [5.74, 6) is 5.18. The molecule has 1 fully saturated rings. The van der Waals surface area contributed by atoms with E-state index in [0.717, 1.165) is 17.9 Å². The van der Waals surface area contributed by atoms with Crippen molar-refractivity contribution in [2.45, 2.75) is 18.4 Å². The van der Waals surface area contributed by atoms with Gasteiger partial charge in [-0.05, 0) is 12.8 Å². The van der Waals surface area contributed by atoms with Crippen LogP contribution in [-0.4, -0.2) is 22.8 Å². The second-order valence-electron chi connectivity index (χ2n) is 2.49. The summed E-state index contributed by atoms with van der Waals surface area (Å²) in [6, 6.07) is 0. The second kappa shape index (κ2) is 1.16. The molecule has 2 N–H and O–H groups in total. The van der Waals surface area contributed by atoms with E-state index in [1.54, 1.807) is 0 Å². The van der Waals surface area contributed by atoms with Crippen molar-refractivity contribution >= 4 is 12.2 Å². The van der Waals surface area contributed by atoms with Crippen molar-refractivity contribution in [3.05, 3.63) is 0 Å². The van der Waals surface area contributed by atoms with Gasteiger partial charge in [0.1, 0.15) is 11.9 Å². The van der Waals surface area contributed by atoms with Crippen LogP contribution in [0.5, 0.6) is 0 Å². The smallest absolute Gasteiger partial charge is 0.269 e. The number of nitrogens with two attached hydrogens (primary N) is 1. The van der Waals surface area contributed by atoms with E-state index in [-0.39, 0.29) is 5.91 Å². The maximum atomic E-state index is 11.0. The lowest BCUT2D eigenvalue weighted by molar-refractivity contribution is -0.128. The van der Waals surface area contributed by atoms with E-state index < -0.39 is 5.54 Å². The Morgan fingerprint density at radius 1 is 1.78 bits per heavy atom. The van der Waals surface area contributed by atoms with E-state index in [9.17, 15) is 4.79 Å². The molecular formula is C5H7N3O. The number of aliphatic imine (C=N–C) groups is 1. The van der Waals surface area contributed by atoms with Gasteiger partial charge in [0.2, 0.25) is 0 Å². The SMILES string of the molecule is NN1C=NC2(CC2)C1=O. The molecule has 1 amide bonds. The van der Waals surface area contributed by atoms with Crippen molar-refractivity contribution < 1.29 is 4.79 Å². The fourth-order valence-corrected chi connectivity index (χ4v) is 0.982. The third-order valence-corrected chi connectivity index (χ3v) is 1.79. The normalized spacial score (nSPS) is 28.1. The number of hydrogen-bond acceptors (Lipinski definition) is 3. The molecule has 0 bridgehead atoms. The lowest BCUT2D eigenvalue weighted by Gasteiger charge is -2.03. The molecule has 0 unspecified atom stereocenters. The molecule has 2 aliphatic rings. The zero-order valence-electron chi connectivity index (χ0n) is 4.87. The highest BCUT2D eigenvalue weighted by molar-refractivity contribution is 6.01. The summed E-state index contributed by atoms with van der Waals surface area (Å²) >= 11 is 0. The lowest BCUT2D eigenvalue weighted by atomic mass is 10.3. The summed E-state index contributed by atoms with van der Waals surface area (Å²) in [6.07, 6.45) is 3.14. The van der Waals surface area contributed by atoms with Crippen LogP contribution in [0.25, 0.3) is 0 Å². The van der Waals surface area contributed by atoms with E-state index >= 15 is 0 Å². The lowest BCUT2D eigenvalue weighted by Crippen LogP contribution is -2.37. The highest BCUT2D eigenvalue weighted by Crippen LogP contribution is 2.42. The summed E-state index contributed by atoms with van der Waals surface area (Å²) in [4.78, 5) is 14.9. The molecule has 4 nitrogen and oxygen atoms in total. The first kappa shape index (κ1) is 4.93. The second-order valence-corrected chi connectivity index (χ2v) is 2.49. The first-order chi connectivity index (χ1) is 4.25. The van der Waals surface area contributed by atoms with Gasteiger partial charge in [-0.2, -0.15) is 0 Å². The van der Waals surface area contributed by atoms with Crippen molar-refractivity contribution in [3.63, 3.8) is 0 Å². The van der Waals surface area contributed by atoms with E-state index in [1.165, 1.54) is 6.34 Å². The van der Waals surface area contributed by atoms with Crippen molar-refractivity contribution in [1.29, 1.82) is 0 Å². The van der Waals surface area contributed by atoms with Gasteiger partial charge in [-0.1, -0.05) is 0 Å². The summed E-state index contributed by atoms with van der Waals surface area (Å²) < 4.78 is 0. The van der Waals surface area contributed by atoms with E-state index in [1.807, 2.05) is 0 Å². The molecule has 1 aliphatic heterocycles. The minimum absolute atomic E-state index is 0.0532. The zero-order valence-corrected chi connectivity index (χ0v) is 4.87. The first-order valence-corrected chi connectivity index (χ1v) is 2.88. The molecule has 4 heteroatoms. The van der Waals surface area contributed by atoms with Crippen LogP contribution in [0.2, 0.25) is 0 Å². The third kappa shape index (κ3) is 0.457. The van der Waals surface area contributed by atoms with Crippen molar-refractivity contribution in [2.24, 2.45) is 10.8 Å². The Balaban J connectivity index is 2.32.